The van der Waals surface area contributed by atoms with Crippen molar-refractivity contribution < 1.29 is 42.5 Å². The molecule has 292 valence electrons. The molecule has 1 N–H and O–H groups in total. The number of Topliss-reactive ketones (excluding diaryl/α,β-unsaturated/α-hetero) is 2. The number of aromatic nitrogens is 1. The lowest BCUT2D eigenvalue weighted by molar-refractivity contribution is -0.134. The second kappa shape index (κ2) is 14.5. The number of rotatable bonds is 10. The Morgan fingerprint density at radius 3 is 2.43 bits per heavy atom. The molecule has 8 rings (SSSR count). The van der Waals surface area contributed by atoms with Crippen LogP contribution >= 0.6 is 11.6 Å². The number of benzene rings is 2. The van der Waals surface area contributed by atoms with Gasteiger partial charge in [-0.3, -0.25) is 24.0 Å². The lowest BCUT2D eigenvalue weighted by atomic mass is 9.70. The molecule has 4 unspecified atom stereocenters. The van der Waals surface area contributed by atoms with E-state index in [2.05, 4.69) is 5.32 Å². The molecule has 0 saturated carbocycles. The summed E-state index contributed by atoms with van der Waals surface area (Å²) in [6.45, 7) is 3.73. The first-order chi connectivity index (χ1) is 27.0. The average Bonchev–Trinajstić information content (AvgIpc) is 3.71. The highest BCUT2D eigenvalue weighted by Gasteiger charge is 2.63. The lowest BCUT2D eigenvalue weighted by Crippen LogP contribution is -2.56. The highest BCUT2D eigenvalue weighted by atomic mass is 35.5. The molecular weight excluding hydrogens is 742 g/mol. The average molecular weight is 784 g/mol. The number of nitrogens with one attached hydrogen (secondary N) is 1. The first-order valence-electron chi connectivity index (χ1n) is 18.7. The molecule has 2 bridgehead atoms. The van der Waals surface area contributed by atoms with Crippen LogP contribution in [-0.4, -0.2) is 79.4 Å². The van der Waals surface area contributed by atoms with Crippen molar-refractivity contribution in [3.63, 3.8) is 0 Å². The van der Waals surface area contributed by atoms with Gasteiger partial charge in [0.05, 0.1) is 33.3 Å². The number of nitrogens with zero attached hydrogens (tertiary/aromatic N) is 2. The standard InChI is InChI=1S/C42H42ClN3O10/c1-22-15-30-35(40(50)42(22)41(51)36-29(53-3)18-31(54-4)37(43)39(36)56-42)27(38(55-30)24-10-12-26(52-2)13-11-24)17-32(47)44-14-6-9-33(48)45-19-23-16-25(21-45)28-7-5-8-34(49)46(28)20-23/h5,7-8,10-13,18,22-23,25H,6,9,14-17,19-21H2,1-4H3,(H,44,47). The fourth-order valence-corrected chi connectivity index (χ4v) is 9.19. The van der Waals surface area contributed by atoms with E-state index in [1.54, 1.807) is 50.4 Å². The molecule has 4 aliphatic rings. The van der Waals surface area contributed by atoms with Crippen LogP contribution in [0.3, 0.4) is 0 Å². The van der Waals surface area contributed by atoms with Crippen LogP contribution in [0.15, 0.2) is 57.7 Å². The number of amides is 2. The number of furan rings is 1. The summed E-state index contributed by atoms with van der Waals surface area (Å²) in [5.74, 6) is -0.316. The Labute approximate surface area is 327 Å². The van der Waals surface area contributed by atoms with E-state index in [9.17, 15) is 24.0 Å². The van der Waals surface area contributed by atoms with Crippen molar-refractivity contribution in [2.24, 2.45) is 11.8 Å². The van der Waals surface area contributed by atoms with Crippen LogP contribution in [0.25, 0.3) is 11.3 Å². The van der Waals surface area contributed by atoms with E-state index in [0.29, 0.717) is 54.5 Å². The first-order valence-corrected chi connectivity index (χ1v) is 19.1. The number of ether oxygens (including phenoxy) is 4. The third-order valence-corrected chi connectivity index (χ3v) is 12.0. The van der Waals surface area contributed by atoms with E-state index in [4.69, 9.17) is 35.0 Å². The molecule has 4 atom stereocenters. The zero-order valence-corrected chi connectivity index (χ0v) is 32.3. The zero-order chi connectivity index (χ0) is 39.5. The van der Waals surface area contributed by atoms with Crippen molar-refractivity contribution in [1.29, 1.82) is 0 Å². The van der Waals surface area contributed by atoms with E-state index in [0.717, 1.165) is 12.1 Å². The van der Waals surface area contributed by atoms with E-state index in [1.165, 1.54) is 20.3 Å². The van der Waals surface area contributed by atoms with Gasteiger partial charge in [0.2, 0.25) is 29.0 Å². The van der Waals surface area contributed by atoms with Crippen molar-refractivity contribution >= 4 is 35.0 Å². The summed E-state index contributed by atoms with van der Waals surface area (Å²) in [6, 6.07) is 13.8. The van der Waals surface area contributed by atoms with Gasteiger partial charge in [-0.1, -0.05) is 24.6 Å². The minimum absolute atomic E-state index is 0.00251. The Hall–Kier alpha value is -5.56. The van der Waals surface area contributed by atoms with Gasteiger partial charge in [-0.05, 0) is 49.1 Å². The number of carbonyl (C=O) groups excluding carboxylic acids is 4. The summed E-state index contributed by atoms with van der Waals surface area (Å²) >= 11 is 6.64. The number of hydrogen-bond donors (Lipinski definition) is 1. The smallest absolute Gasteiger partial charge is 0.250 e. The molecule has 56 heavy (non-hydrogen) atoms. The molecule has 2 aromatic heterocycles. The maximum Gasteiger partial charge on any atom is 0.250 e. The number of likely N-dealkylation sites (tertiary alicyclic amines) is 1. The van der Waals surface area contributed by atoms with Gasteiger partial charge in [0.1, 0.15) is 39.4 Å². The second-order valence-corrected chi connectivity index (χ2v) is 15.3. The quantitative estimate of drug-likeness (QED) is 0.166. The fraction of sp³-hybridized carbons (Fsp3) is 0.405. The maximum absolute atomic E-state index is 14.9. The van der Waals surface area contributed by atoms with Gasteiger partial charge in [0.15, 0.2) is 5.75 Å². The van der Waals surface area contributed by atoms with Crippen LogP contribution in [-0.2, 0) is 29.0 Å². The van der Waals surface area contributed by atoms with Crippen LogP contribution in [0.2, 0.25) is 5.02 Å². The molecule has 14 heteroatoms. The minimum atomic E-state index is -1.99. The van der Waals surface area contributed by atoms with Gasteiger partial charge in [0.25, 0.3) is 5.56 Å². The third-order valence-electron chi connectivity index (χ3n) is 11.7. The Morgan fingerprint density at radius 2 is 1.70 bits per heavy atom. The molecule has 1 aliphatic carbocycles. The molecular formula is C42H42ClN3O10. The van der Waals surface area contributed by atoms with Gasteiger partial charge in [-0.2, -0.15) is 0 Å². The molecule has 0 radical (unpaired) electrons. The van der Waals surface area contributed by atoms with Crippen LogP contribution in [0.4, 0.5) is 0 Å². The zero-order valence-electron chi connectivity index (χ0n) is 31.6. The summed E-state index contributed by atoms with van der Waals surface area (Å²) < 4.78 is 30.8. The number of hydrogen-bond acceptors (Lipinski definition) is 10. The number of ketones is 2. The maximum atomic E-state index is 14.9. The van der Waals surface area contributed by atoms with Crippen molar-refractivity contribution in [2.45, 2.75) is 57.1 Å². The predicted octanol–water partition coefficient (Wildman–Crippen LogP) is 5.26. The van der Waals surface area contributed by atoms with Crippen LogP contribution in [0, 0.1) is 11.8 Å². The summed E-state index contributed by atoms with van der Waals surface area (Å²) in [5, 5.41) is 2.95. The normalized spacial score (nSPS) is 21.9. The highest BCUT2D eigenvalue weighted by Crippen LogP contribution is 2.54. The first kappa shape index (κ1) is 37.4. The van der Waals surface area contributed by atoms with Crippen LogP contribution in [0.5, 0.6) is 23.0 Å². The third kappa shape index (κ3) is 6.03. The summed E-state index contributed by atoms with van der Waals surface area (Å²) in [4.78, 5) is 70.5. The summed E-state index contributed by atoms with van der Waals surface area (Å²) in [6.07, 6.45) is 1.53. The number of methoxy groups -OCH3 is 3. The Morgan fingerprint density at radius 1 is 0.946 bits per heavy atom. The molecule has 5 heterocycles. The Kier molecular flexibility index (Phi) is 9.68. The molecule has 1 fully saturated rings. The summed E-state index contributed by atoms with van der Waals surface area (Å²) in [7, 11) is 4.37. The topological polar surface area (TPSA) is 156 Å². The Balaban J connectivity index is 1.01. The van der Waals surface area contributed by atoms with Crippen molar-refractivity contribution in [3.05, 3.63) is 92.1 Å². The Bertz CT molecular complexity index is 2330. The van der Waals surface area contributed by atoms with E-state index >= 15 is 0 Å². The molecule has 13 nitrogen and oxygen atoms in total. The molecule has 4 aromatic rings. The number of pyridine rings is 1. The van der Waals surface area contributed by atoms with Gasteiger partial charge < -0.3 is 38.1 Å². The molecule has 1 spiro atoms. The van der Waals surface area contributed by atoms with Crippen LogP contribution < -0.4 is 29.8 Å². The minimum Gasteiger partial charge on any atom is -0.497 e. The highest BCUT2D eigenvalue weighted by molar-refractivity contribution is 6.36. The van der Waals surface area contributed by atoms with Gasteiger partial charge in [-0.25, -0.2) is 0 Å². The molecule has 2 amide bonds. The molecule has 1 saturated heterocycles. The molecule has 2 aromatic carbocycles. The van der Waals surface area contributed by atoms with Gasteiger partial charge in [0, 0.05) is 79.8 Å². The fourth-order valence-electron chi connectivity index (χ4n) is 8.92. The second-order valence-electron chi connectivity index (χ2n) is 15.0. The van der Waals surface area contributed by atoms with Crippen molar-refractivity contribution in [2.75, 3.05) is 41.0 Å². The van der Waals surface area contributed by atoms with Gasteiger partial charge in [-0.15, -0.1) is 0 Å². The SMILES string of the molecule is COc1ccc(-c2oc3c(c2CC(=O)NCCCC(=O)N2CC4CC(C2)c2cccc(=O)n2C4)C(=O)C2(Oc4c(Cl)c(OC)cc(OC)c4C2=O)C(C)C3)cc1. The van der Waals surface area contributed by atoms with E-state index < -0.39 is 23.1 Å². The number of halogens is 1. The van der Waals surface area contributed by atoms with Crippen molar-refractivity contribution in [1.82, 2.24) is 14.8 Å². The summed E-state index contributed by atoms with van der Waals surface area (Å²) in [5.41, 5.74) is 0.0666. The van der Waals surface area contributed by atoms with Gasteiger partial charge >= 0.3 is 0 Å². The van der Waals surface area contributed by atoms with Crippen LogP contribution in [0.1, 0.15) is 69.8 Å². The largest absolute Gasteiger partial charge is 0.497 e. The monoisotopic (exact) mass is 783 g/mol. The van der Waals surface area contributed by atoms with Crippen molar-refractivity contribution in [3.8, 4) is 34.3 Å². The predicted molar refractivity (Wildman–Crippen MR) is 204 cm³/mol. The number of piperidine rings is 1. The van der Waals surface area contributed by atoms with E-state index in [1.807, 2.05) is 15.5 Å². The number of fused-ring (bicyclic) bond motifs is 6. The van der Waals surface area contributed by atoms with E-state index in [-0.39, 0.29) is 88.4 Å². The molecule has 3 aliphatic heterocycles. The lowest BCUT2D eigenvalue weighted by Gasteiger charge is -2.42. The number of carbonyl (C=O) groups is 4.